The average Bonchev–Trinajstić information content (AvgIpc) is 3.85. The monoisotopic (exact) mass is 685 g/mol. The van der Waals surface area contributed by atoms with Crippen molar-refractivity contribution in [1.29, 1.82) is 0 Å². The molecule has 50 heavy (non-hydrogen) atoms. The molecule has 0 spiro atoms. The molecule has 1 aliphatic carbocycles. The van der Waals surface area contributed by atoms with Crippen LogP contribution in [-0.4, -0.2) is 63.2 Å². The molecule has 3 unspecified atom stereocenters. The summed E-state index contributed by atoms with van der Waals surface area (Å²) in [5.74, 6) is -1.53. The molecule has 3 atom stereocenters. The molecule has 3 N–H and O–H groups in total. The fourth-order valence-electron chi connectivity index (χ4n) is 5.61. The zero-order valence-electron chi connectivity index (χ0n) is 30.4. The predicted molar refractivity (Wildman–Crippen MR) is 191 cm³/mol. The van der Waals surface area contributed by atoms with E-state index in [2.05, 4.69) is 10.6 Å². The van der Waals surface area contributed by atoms with E-state index in [1.54, 1.807) is 58.6 Å². The van der Waals surface area contributed by atoms with E-state index in [1.165, 1.54) is 12.1 Å². The summed E-state index contributed by atoms with van der Waals surface area (Å²) in [4.78, 5) is 57.7. The molecule has 0 aromatic heterocycles. The van der Waals surface area contributed by atoms with E-state index in [4.69, 9.17) is 9.47 Å². The van der Waals surface area contributed by atoms with Gasteiger partial charge < -0.3 is 30.1 Å². The average molecular weight is 686 g/mol. The Bertz CT molecular complexity index is 1650. The number of benzene rings is 3. The van der Waals surface area contributed by atoms with Gasteiger partial charge in [0.25, 0.3) is 0 Å². The Morgan fingerprint density at radius 1 is 0.760 bits per heavy atom. The number of rotatable bonds is 12. The molecule has 0 saturated heterocycles. The standard InChI is InChI=1S/C40H51N3O7/c1-25-14-17-29(22-26(25)2)34(35(45)41-33(37(47)49-39(3,4)5)24-27-12-10-9-11-13-27)43(30-18-19-30)36(46)32(42-38(48)50-40(6,7)8)23-28-15-20-31(44)21-16-28/h9-17,20-22,30,32-34,44H,18-19,23-24H2,1-8H3,(H,41,45)(H,42,48). The second kappa shape index (κ2) is 15.8. The highest BCUT2D eigenvalue weighted by molar-refractivity contribution is 5.94. The lowest BCUT2D eigenvalue weighted by Gasteiger charge is -2.36. The third-order valence-electron chi connectivity index (χ3n) is 8.22. The number of amides is 3. The lowest BCUT2D eigenvalue weighted by Crippen LogP contribution is -2.56. The molecule has 3 amide bonds. The van der Waals surface area contributed by atoms with Gasteiger partial charge in [-0.2, -0.15) is 0 Å². The lowest BCUT2D eigenvalue weighted by molar-refractivity contribution is -0.159. The van der Waals surface area contributed by atoms with Crippen molar-refractivity contribution in [3.8, 4) is 5.75 Å². The number of phenolic OH excluding ortho intramolecular Hbond substituents is 1. The molecule has 1 fully saturated rings. The third kappa shape index (κ3) is 11.1. The van der Waals surface area contributed by atoms with Crippen LogP contribution in [0.15, 0.2) is 72.8 Å². The summed E-state index contributed by atoms with van der Waals surface area (Å²) in [6.45, 7) is 14.4. The van der Waals surface area contributed by atoms with Crippen molar-refractivity contribution >= 4 is 23.9 Å². The molecule has 1 saturated carbocycles. The topological polar surface area (TPSA) is 134 Å². The Morgan fingerprint density at radius 3 is 1.90 bits per heavy atom. The van der Waals surface area contributed by atoms with E-state index >= 15 is 0 Å². The molecule has 0 bridgehead atoms. The summed E-state index contributed by atoms with van der Waals surface area (Å²) in [5, 5.41) is 15.6. The highest BCUT2D eigenvalue weighted by Crippen LogP contribution is 2.36. The van der Waals surface area contributed by atoms with Crippen LogP contribution < -0.4 is 10.6 Å². The number of aryl methyl sites for hydroxylation is 2. The minimum Gasteiger partial charge on any atom is -0.508 e. The molecule has 4 rings (SSSR count). The molecule has 3 aromatic rings. The first kappa shape index (κ1) is 38.0. The zero-order chi connectivity index (χ0) is 36.8. The van der Waals surface area contributed by atoms with Crippen molar-refractivity contribution < 1.29 is 33.8 Å². The van der Waals surface area contributed by atoms with Gasteiger partial charge in [0.15, 0.2) is 0 Å². The molecule has 268 valence electrons. The van der Waals surface area contributed by atoms with Crippen LogP contribution in [0.4, 0.5) is 4.79 Å². The van der Waals surface area contributed by atoms with Crippen LogP contribution in [0.5, 0.6) is 5.75 Å². The Kier molecular flexibility index (Phi) is 12.0. The summed E-state index contributed by atoms with van der Waals surface area (Å²) < 4.78 is 11.3. The summed E-state index contributed by atoms with van der Waals surface area (Å²) in [7, 11) is 0. The van der Waals surface area contributed by atoms with Crippen LogP contribution in [0.2, 0.25) is 0 Å². The van der Waals surface area contributed by atoms with E-state index in [9.17, 15) is 24.3 Å². The number of nitrogens with zero attached hydrogens (tertiary/aromatic N) is 1. The molecule has 3 aromatic carbocycles. The van der Waals surface area contributed by atoms with Crippen LogP contribution >= 0.6 is 0 Å². The van der Waals surface area contributed by atoms with Crippen LogP contribution in [0, 0.1) is 13.8 Å². The molecular formula is C40H51N3O7. The van der Waals surface area contributed by atoms with Gasteiger partial charge in [-0.25, -0.2) is 9.59 Å². The largest absolute Gasteiger partial charge is 0.508 e. The van der Waals surface area contributed by atoms with Gasteiger partial charge in [-0.05, 0) is 108 Å². The third-order valence-corrected chi connectivity index (χ3v) is 8.22. The Balaban J connectivity index is 1.76. The molecule has 0 heterocycles. The molecular weight excluding hydrogens is 634 g/mol. The molecule has 10 nitrogen and oxygen atoms in total. The summed E-state index contributed by atoms with van der Waals surface area (Å²) in [6, 6.07) is 17.8. The fraction of sp³-hybridized carbons (Fsp3) is 0.450. The SMILES string of the molecule is Cc1ccc(C(C(=O)NC(Cc2ccccc2)C(=O)OC(C)(C)C)N(C(=O)C(Cc2ccc(O)cc2)NC(=O)OC(C)(C)C)C2CC2)cc1C. The van der Waals surface area contributed by atoms with Crippen molar-refractivity contribution in [2.45, 2.75) is 116 Å². The Hall–Kier alpha value is -4.86. The summed E-state index contributed by atoms with van der Waals surface area (Å²) in [6.07, 6.45) is 0.821. The second-order valence-corrected chi connectivity index (χ2v) is 15.1. The van der Waals surface area contributed by atoms with Crippen LogP contribution in [-0.2, 0) is 36.7 Å². The van der Waals surface area contributed by atoms with Crippen molar-refractivity contribution in [3.63, 3.8) is 0 Å². The number of aromatic hydroxyl groups is 1. The van der Waals surface area contributed by atoms with Crippen LogP contribution in [0.1, 0.15) is 88.2 Å². The number of esters is 1. The lowest BCUT2D eigenvalue weighted by atomic mass is 9.96. The van der Waals surface area contributed by atoms with Gasteiger partial charge >= 0.3 is 12.1 Å². The highest BCUT2D eigenvalue weighted by Gasteiger charge is 2.45. The van der Waals surface area contributed by atoms with Crippen molar-refractivity contribution in [3.05, 3.63) is 101 Å². The highest BCUT2D eigenvalue weighted by atomic mass is 16.6. The number of carbonyl (C=O) groups is 4. The van der Waals surface area contributed by atoms with Crippen LogP contribution in [0.3, 0.4) is 0 Å². The summed E-state index contributed by atoms with van der Waals surface area (Å²) in [5.41, 5.74) is 2.44. The van der Waals surface area contributed by atoms with Gasteiger partial charge in [0, 0.05) is 18.9 Å². The maximum Gasteiger partial charge on any atom is 0.408 e. The van der Waals surface area contributed by atoms with E-state index in [0.29, 0.717) is 24.0 Å². The molecule has 0 radical (unpaired) electrons. The van der Waals surface area contributed by atoms with Gasteiger partial charge in [0.2, 0.25) is 11.8 Å². The number of hydrogen-bond donors (Lipinski definition) is 3. The first-order chi connectivity index (χ1) is 23.4. The van der Waals surface area contributed by atoms with E-state index in [1.807, 2.05) is 62.4 Å². The predicted octanol–water partition coefficient (Wildman–Crippen LogP) is 6.25. The smallest absolute Gasteiger partial charge is 0.408 e. The normalized spacial score (nSPS) is 14.9. The van der Waals surface area contributed by atoms with Gasteiger partial charge in [-0.3, -0.25) is 9.59 Å². The van der Waals surface area contributed by atoms with Crippen molar-refractivity contribution in [1.82, 2.24) is 15.5 Å². The Morgan fingerprint density at radius 2 is 1.34 bits per heavy atom. The van der Waals surface area contributed by atoms with Gasteiger partial charge in [-0.15, -0.1) is 0 Å². The fourth-order valence-corrected chi connectivity index (χ4v) is 5.61. The minimum atomic E-state index is -1.13. The number of alkyl carbamates (subject to hydrolysis) is 1. The first-order valence-electron chi connectivity index (χ1n) is 17.1. The maximum absolute atomic E-state index is 14.8. The van der Waals surface area contributed by atoms with E-state index in [-0.39, 0.29) is 24.6 Å². The molecule has 1 aliphatic rings. The van der Waals surface area contributed by atoms with Gasteiger partial charge in [0.1, 0.15) is 35.1 Å². The quantitative estimate of drug-likeness (QED) is 0.192. The number of hydrogen-bond acceptors (Lipinski definition) is 7. The molecule has 0 aliphatic heterocycles. The van der Waals surface area contributed by atoms with Gasteiger partial charge in [-0.1, -0.05) is 60.7 Å². The van der Waals surface area contributed by atoms with Crippen molar-refractivity contribution in [2.75, 3.05) is 0 Å². The van der Waals surface area contributed by atoms with Crippen molar-refractivity contribution in [2.24, 2.45) is 0 Å². The summed E-state index contributed by atoms with van der Waals surface area (Å²) >= 11 is 0. The number of nitrogens with one attached hydrogen (secondary N) is 2. The van der Waals surface area contributed by atoms with E-state index in [0.717, 1.165) is 16.7 Å². The van der Waals surface area contributed by atoms with E-state index < -0.39 is 53.2 Å². The maximum atomic E-state index is 14.8. The second-order valence-electron chi connectivity index (χ2n) is 15.1. The van der Waals surface area contributed by atoms with Crippen LogP contribution in [0.25, 0.3) is 0 Å². The number of ether oxygens (including phenoxy) is 2. The number of phenols is 1. The Labute approximate surface area is 295 Å². The van der Waals surface area contributed by atoms with Gasteiger partial charge in [0.05, 0.1) is 0 Å². The molecule has 10 heteroatoms. The minimum absolute atomic E-state index is 0.0675. The zero-order valence-corrected chi connectivity index (χ0v) is 30.4. The number of carbonyl (C=O) groups excluding carboxylic acids is 4. The first-order valence-corrected chi connectivity index (χ1v) is 17.1.